The predicted octanol–water partition coefficient (Wildman–Crippen LogP) is 3.73. The summed E-state index contributed by atoms with van der Waals surface area (Å²) >= 11 is 0. The number of nitrogens with zero attached hydrogens (tertiary/aromatic N) is 2. The first-order valence-corrected chi connectivity index (χ1v) is 8.42. The number of fused-ring (bicyclic) bond motifs is 2. The van der Waals surface area contributed by atoms with Gasteiger partial charge in [0, 0.05) is 23.7 Å². The SMILES string of the molecule is CN1C(=O)C(=C(C#N)C(=O)Nc2cccc3ccccc23)c2ccccc21. The Hall–Kier alpha value is -3.91. The minimum Gasteiger partial charge on any atom is -0.321 e. The van der Waals surface area contributed by atoms with E-state index in [1.807, 2.05) is 48.5 Å². The van der Waals surface area contributed by atoms with Crippen molar-refractivity contribution in [3.8, 4) is 6.07 Å². The maximum absolute atomic E-state index is 12.9. The lowest BCUT2D eigenvalue weighted by Crippen LogP contribution is -2.23. The zero-order chi connectivity index (χ0) is 19.0. The molecule has 0 fully saturated rings. The molecule has 5 heteroatoms. The van der Waals surface area contributed by atoms with E-state index in [1.54, 1.807) is 31.3 Å². The fourth-order valence-electron chi connectivity index (χ4n) is 3.35. The number of benzene rings is 3. The molecule has 1 heterocycles. The molecular formula is C22H15N3O2. The van der Waals surface area contributed by atoms with E-state index in [2.05, 4.69) is 5.32 Å². The standard InChI is InChI=1S/C22H15N3O2/c1-25-19-12-5-4-10-16(19)20(22(25)27)17(13-23)21(26)24-18-11-6-8-14-7-2-3-9-15(14)18/h2-12H,1H3,(H,24,26). The van der Waals surface area contributed by atoms with Gasteiger partial charge in [0.1, 0.15) is 11.6 Å². The highest BCUT2D eigenvalue weighted by Crippen LogP contribution is 2.37. The summed E-state index contributed by atoms with van der Waals surface area (Å²) in [5.41, 5.74) is 1.81. The zero-order valence-corrected chi connectivity index (χ0v) is 14.6. The molecule has 0 aromatic heterocycles. The van der Waals surface area contributed by atoms with E-state index in [9.17, 15) is 14.9 Å². The number of hydrogen-bond acceptors (Lipinski definition) is 3. The lowest BCUT2D eigenvalue weighted by Gasteiger charge is -2.10. The first-order valence-electron chi connectivity index (χ1n) is 8.42. The van der Waals surface area contributed by atoms with Crippen LogP contribution in [0.3, 0.4) is 0 Å². The van der Waals surface area contributed by atoms with Crippen molar-refractivity contribution in [1.82, 2.24) is 0 Å². The molecule has 1 aliphatic heterocycles. The molecule has 0 atom stereocenters. The van der Waals surface area contributed by atoms with Crippen LogP contribution in [0.15, 0.2) is 72.3 Å². The Balaban J connectivity index is 1.80. The second-order valence-electron chi connectivity index (χ2n) is 6.22. The molecule has 0 bridgehead atoms. The monoisotopic (exact) mass is 353 g/mol. The van der Waals surface area contributed by atoms with Crippen LogP contribution in [0.5, 0.6) is 0 Å². The van der Waals surface area contributed by atoms with Gasteiger partial charge in [0.15, 0.2) is 0 Å². The van der Waals surface area contributed by atoms with Crippen LogP contribution < -0.4 is 10.2 Å². The molecular weight excluding hydrogens is 338 g/mol. The molecule has 0 aliphatic carbocycles. The smallest absolute Gasteiger partial charge is 0.267 e. The fourth-order valence-corrected chi connectivity index (χ4v) is 3.35. The summed E-state index contributed by atoms with van der Waals surface area (Å²) in [5, 5.41) is 14.3. The molecule has 130 valence electrons. The maximum atomic E-state index is 12.9. The third-order valence-corrected chi connectivity index (χ3v) is 4.68. The Kier molecular flexibility index (Phi) is 3.94. The number of hydrogen-bond donors (Lipinski definition) is 1. The number of nitriles is 1. The summed E-state index contributed by atoms with van der Waals surface area (Å²) in [7, 11) is 1.63. The highest BCUT2D eigenvalue weighted by Gasteiger charge is 2.34. The maximum Gasteiger partial charge on any atom is 0.267 e. The van der Waals surface area contributed by atoms with Crippen molar-refractivity contribution in [2.45, 2.75) is 0 Å². The molecule has 27 heavy (non-hydrogen) atoms. The molecule has 0 saturated heterocycles. The quantitative estimate of drug-likeness (QED) is 0.563. The zero-order valence-electron chi connectivity index (χ0n) is 14.6. The van der Waals surface area contributed by atoms with Gasteiger partial charge in [0.25, 0.3) is 11.8 Å². The Morgan fingerprint density at radius 1 is 1.00 bits per heavy atom. The summed E-state index contributed by atoms with van der Waals surface area (Å²) < 4.78 is 0. The Morgan fingerprint density at radius 2 is 1.70 bits per heavy atom. The second kappa shape index (κ2) is 6.43. The molecule has 0 unspecified atom stereocenters. The topological polar surface area (TPSA) is 73.2 Å². The van der Waals surface area contributed by atoms with Crippen LogP contribution in [0, 0.1) is 11.3 Å². The van der Waals surface area contributed by atoms with E-state index in [-0.39, 0.29) is 17.1 Å². The van der Waals surface area contributed by atoms with E-state index in [1.165, 1.54) is 4.90 Å². The molecule has 3 aromatic rings. The number of carbonyl (C=O) groups is 2. The minimum absolute atomic E-state index is 0.133. The van der Waals surface area contributed by atoms with Gasteiger partial charge >= 0.3 is 0 Å². The molecule has 1 N–H and O–H groups in total. The molecule has 1 aliphatic rings. The van der Waals surface area contributed by atoms with Crippen LogP contribution >= 0.6 is 0 Å². The number of anilines is 2. The van der Waals surface area contributed by atoms with Gasteiger partial charge in [-0.1, -0.05) is 54.6 Å². The van der Waals surface area contributed by atoms with Crippen LogP contribution in [0.4, 0.5) is 11.4 Å². The van der Waals surface area contributed by atoms with E-state index in [0.717, 1.165) is 10.8 Å². The van der Waals surface area contributed by atoms with Crippen molar-refractivity contribution < 1.29 is 9.59 Å². The van der Waals surface area contributed by atoms with Crippen LogP contribution in [0.2, 0.25) is 0 Å². The number of likely N-dealkylation sites (N-methyl/N-ethyl adjacent to an activating group) is 1. The van der Waals surface area contributed by atoms with Crippen LogP contribution in [-0.2, 0) is 9.59 Å². The van der Waals surface area contributed by atoms with Crippen molar-refractivity contribution in [3.05, 3.63) is 77.9 Å². The van der Waals surface area contributed by atoms with Crippen LogP contribution in [0.25, 0.3) is 16.3 Å². The van der Waals surface area contributed by atoms with Gasteiger partial charge in [-0.3, -0.25) is 9.59 Å². The number of carbonyl (C=O) groups excluding carboxylic acids is 2. The first-order chi connectivity index (χ1) is 13.1. The van der Waals surface area contributed by atoms with Gasteiger partial charge < -0.3 is 10.2 Å². The minimum atomic E-state index is -0.595. The van der Waals surface area contributed by atoms with Gasteiger partial charge in [-0.25, -0.2) is 0 Å². The fraction of sp³-hybridized carbons (Fsp3) is 0.0455. The normalized spacial score (nSPS) is 14.7. The van der Waals surface area contributed by atoms with Crippen LogP contribution in [0.1, 0.15) is 5.56 Å². The summed E-state index contributed by atoms with van der Waals surface area (Å²) in [6, 6.07) is 22.2. The van der Waals surface area contributed by atoms with Gasteiger partial charge in [-0.15, -0.1) is 0 Å². The summed E-state index contributed by atoms with van der Waals surface area (Å²) in [6.07, 6.45) is 0. The number of para-hydroxylation sites is 1. The van der Waals surface area contributed by atoms with Gasteiger partial charge in [-0.05, 0) is 17.5 Å². The van der Waals surface area contributed by atoms with Crippen LogP contribution in [-0.4, -0.2) is 18.9 Å². The van der Waals surface area contributed by atoms with Gasteiger partial charge in [0.2, 0.25) is 0 Å². The number of rotatable bonds is 2. The van der Waals surface area contributed by atoms with Crippen molar-refractivity contribution in [2.75, 3.05) is 17.3 Å². The Morgan fingerprint density at radius 3 is 2.52 bits per heavy atom. The van der Waals surface area contributed by atoms with Crippen molar-refractivity contribution in [3.63, 3.8) is 0 Å². The molecule has 0 saturated carbocycles. The highest BCUT2D eigenvalue weighted by molar-refractivity contribution is 6.37. The van der Waals surface area contributed by atoms with E-state index in [0.29, 0.717) is 16.9 Å². The molecule has 3 aromatic carbocycles. The highest BCUT2D eigenvalue weighted by atomic mass is 16.2. The molecule has 4 rings (SSSR count). The Labute approximate surface area is 156 Å². The Bertz CT molecular complexity index is 1170. The lowest BCUT2D eigenvalue weighted by atomic mass is 10.0. The molecule has 0 spiro atoms. The average molecular weight is 353 g/mol. The summed E-state index contributed by atoms with van der Waals surface area (Å²) in [5.74, 6) is -0.955. The average Bonchev–Trinajstić information content (AvgIpc) is 2.94. The molecule has 2 amide bonds. The van der Waals surface area contributed by atoms with Crippen molar-refractivity contribution in [1.29, 1.82) is 5.26 Å². The molecule has 0 radical (unpaired) electrons. The van der Waals surface area contributed by atoms with Crippen molar-refractivity contribution >= 4 is 39.5 Å². The van der Waals surface area contributed by atoms with Crippen molar-refractivity contribution in [2.24, 2.45) is 0 Å². The predicted molar refractivity (Wildman–Crippen MR) is 105 cm³/mol. The third-order valence-electron chi connectivity index (χ3n) is 4.68. The summed E-state index contributed by atoms with van der Waals surface area (Å²) in [6.45, 7) is 0. The first kappa shape index (κ1) is 16.6. The van der Waals surface area contributed by atoms with Gasteiger partial charge in [-0.2, -0.15) is 5.26 Å². The van der Waals surface area contributed by atoms with E-state index >= 15 is 0 Å². The third kappa shape index (κ3) is 2.64. The largest absolute Gasteiger partial charge is 0.321 e. The molecule has 5 nitrogen and oxygen atoms in total. The summed E-state index contributed by atoms with van der Waals surface area (Å²) in [4.78, 5) is 27.0. The number of nitrogens with one attached hydrogen (secondary N) is 1. The van der Waals surface area contributed by atoms with Gasteiger partial charge in [0.05, 0.1) is 11.3 Å². The lowest BCUT2D eigenvalue weighted by molar-refractivity contribution is -0.114. The van der Waals surface area contributed by atoms with E-state index in [4.69, 9.17) is 0 Å². The second-order valence-corrected chi connectivity index (χ2v) is 6.22. The number of amides is 2. The van der Waals surface area contributed by atoms with E-state index < -0.39 is 5.91 Å².